The predicted octanol–water partition coefficient (Wildman–Crippen LogP) is 5.11. The maximum absolute atomic E-state index is 6.08. The normalized spacial score (nSPS) is 16.8. The monoisotopic (exact) mass is 405 g/mol. The van der Waals surface area contributed by atoms with Crippen LogP contribution >= 0.6 is 11.6 Å². The Balaban J connectivity index is 1.42. The first-order valence-electron chi connectivity index (χ1n) is 9.60. The number of hydrogen-bond acceptors (Lipinski definition) is 4. The number of aromatic nitrogens is 2. The van der Waals surface area contributed by atoms with Crippen molar-refractivity contribution >= 4 is 11.6 Å². The summed E-state index contributed by atoms with van der Waals surface area (Å²) in [6, 6.07) is 19.9. The molecule has 3 heterocycles. The van der Waals surface area contributed by atoms with Crippen LogP contribution in [0.25, 0.3) is 28.6 Å². The van der Waals surface area contributed by atoms with Crippen molar-refractivity contribution < 1.29 is 9.15 Å². The lowest BCUT2D eigenvalue weighted by Gasteiger charge is -2.24. The second-order valence-corrected chi connectivity index (χ2v) is 7.38. The maximum Gasteiger partial charge on any atom is 0.180 e. The van der Waals surface area contributed by atoms with Gasteiger partial charge in [-0.1, -0.05) is 23.7 Å². The van der Waals surface area contributed by atoms with E-state index in [9.17, 15) is 0 Å². The summed E-state index contributed by atoms with van der Waals surface area (Å²) in [6.07, 6.45) is 3.82. The van der Waals surface area contributed by atoms with Gasteiger partial charge in [-0.25, -0.2) is 4.98 Å². The van der Waals surface area contributed by atoms with Crippen LogP contribution in [0.2, 0.25) is 5.02 Å². The van der Waals surface area contributed by atoms with Crippen LogP contribution < -0.4 is 5.32 Å². The zero-order valence-electron chi connectivity index (χ0n) is 15.7. The average molecular weight is 406 g/mol. The van der Waals surface area contributed by atoms with Crippen molar-refractivity contribution in [3.63, 3.8) is 0 Å². The number of furan rings is 1. The van der Waals surface area contributed by atoms with Gasteiger partial charge in [-0.3, -0.25) is 4.57 Å². The van der Waals surface area contributed by atoms with Crippen molar-refractivity contribution in [3.05, 3.63) is 83.6 Å². The molecule has 1 fully saturated rings. The first kappa shape index (κ1) is 18.2. The lowest BCUT2D eigenvalue weighted by atomic mass is 10.1. The fourth-order valence-electron chi connectivity index (χ4n) is 3.55. The van der Waals surface area contributed by atoms with E-state index in [0.717, 1.165) is 42.5 Å². The van der Waals surface area contributed by atoms with Crippen LogP contribution in [-0.2, 0) is 4.74 Å². The molecule has 0 aliphatic carbocycles. The molecule has 0 unspecified atom stereocenters. The molecule has 0 amide bonds. The standard InChI is InChI=1S/C23H20ClN3O2/c24-18-5-1-16(2-6-18)20-9-10-21(29-20)23-26-11-13-27(23)19-7-3-17(4-8-19)22-15-25-12-14-28-22/h1-11,13,22,25H,12,14-15H2/t22-/m0/s1. The molecule has 2 aromatic heterocycles. The van der Waals surface area contributed by atoms with E-state index >= 15 is 0 Å². The fraction of sp³-hybridized carbons (Fsp3) is 0.174. The summed E-state index contributed by atoms with van der Waals surface area (Å²) < 4.78 is 13.9. The molecule has 5 rings (SSSR count). The Morgan fingerprint density at radius 3 is 2.52 bits per heavy atom. The molecular formula is C23H20ClN3O2. The number of nitrogens with zero attached hydrogens (tertiary/aromatic N) is 2. The number of morpholine rings is 1. The lowest BCUT2D eigenvalue weighted by Crippen LogP contribution is -2.33. The number of rotatable bonds is 4. The molecule has 0 spiro atoms. The van der Waals surface area contributed by atoms with Gasteiger partial charge in [0.15, 0.2) is 11.6 Å². The molecule has 1 aliphatic rings. The van der Waals surface area contributed by atoms with Crippen LogP contribution in [0, 0.1) is 0 Å². The minimum absolute atomic E-state index is 0.104. The van der Waals surface area contributed by atoms with Crippen molar-refractivity contribution in [2.45, 2.75) is 6.10 Å². The van der Waals surface area contributed by atoms with Gasteiger partial charge in [0.05, 0.1) is 12.7 Å². The summed E-state index contributed by atoms with van der Waals surface area (Å²) in [5, 5.41) is 4.07. The van der Waals surface area contributed by atoms with Gasteiger partial charge >= 0.3 is 0 Å². The second kappa shape index (κ2) is 7.87. The summed E-state index contributed by atoms with van der Waals surface area (Å²) in [7, 11) is 0. The molecule has 5 nitrogen and oxygen atoms in total. The van der Waals surface area contributed by atoms with Crippen LogP contribution in [0.4, 0.5) is 0 Å². The molecule has 4 aromatic rings. The Bertz CT molecular complexity index is 1090. The van der Waals surface area contributed by atoms with Gasteiger partial charge in [0.25, 0.3) is 0 Å². The van der Waals surface area contributed by atoms with E-state index in [4.69, 9.17) is 20.8 Å². The Morgan fingerprint density at radius 1 is 0.966 bits per heavy atom. The first-order chi connectivity index (χ1) is 14.3. The molecule has 1 aliphatic heterocycles. The van der Waals surface area contributed by atoms with Crippen molar-refractivity contribution in [2.75, 3.05) is 19.7 Å². The zero-order chi connectivity index (χ0) is 19.6. The third-order valence-corrected chi connectivity index (χ3v) is 5.32. The highest BCUT2D eigenvalue weighted by Gasteiger charge is 2.17. The highest BCUT2D eigenvalue weighted by atomic mass is 35.5. The molecule has 0 bridgehead atoms. The molecule has 29 heavy (non-hydrogen) atoms. The molecule has 0 saturated carbocycles. The van der Waals surface area contributed by atoms with E-state index in [1.165, 1.54) is 5.56 Å². The van der Waals surface area contributed by atoms with E-state index < -0.39 is 0 Å². The van der Waals surface area contributed by atoms with Gasteiger partial charge in [0.1, 0.15) is 5.76 Å². The number of hydrogen-bond donors (Lipinski definition) is 1. The Kier molecular flexibility index (Phi) is 4.94. The summed E-state index contributed by atoms with van der Waals surface area (Å²) >= 11 is 5.98. The van der Waals surface area contributed by atoms with Crippen molar-refractivity contribution in [1.29, 1.82) is 0 Å². The quantitative estimate of drug-likeness (QED) is 0.512. The number of benzene rings is 2. The number of imidazole rings is 1. The fourth-order valence-corrected chi connectivity index (χ4v) is 3.68. The van der Waals surface area contributed by atoms with Gasteiger partial charge in [0, 0.05) is 41.8 Å². The highest BCUT2D eigenvalue weighted by molar-refractivity contribution is 6.30. The van der Waals surface area contributed by atoms with E-state index in [1.807, 2.05) is 47.2 Å². The van der Waals surface area contributed by atoms with E-state index in [2.05, 4.69) is 34.6 Å². The average Bonchev–Trinajstić information content (AvgIpc) is 3.45. The van der Waals surface area contributed by atoms with Crippen molar-refractivity contribution in [3.8, 4) is 28.6 Å². The maximum atomic E-state index is 6.08. The van der Waals surface area contributed by atoms with Crippen molar-refractivity contribution in [2.24, 2.45) is 0 Å². The first-order valence-corrected chi connectivity index (χ1v) is 9.98. The second-order valence-electron chi connectivity index (χ2n) is 6.95. The minimum Gasteiger partial charge on any atom is -0.453 e. The molecule has 0 radical (unpaired) electrons. The minimum atomic E-state index is 0.104. The van der Waals surface area contributed by atoms with E-state index in [0.29, 0.717) is 10.8 Å². The van der Waals surface area contributed by atoms with Crippen LogP contribution in [0.5, 0.6) is 0 Å². The summed E-state index contributed by atoms with van der Waals surface area (Å²) in [6.45, 7) is 2.50. The highest BCUT2D eigenvalue weighted by Crippen LogP contribution is 2.30. The Hall–Kier alpha value is -2.86. The van der Waals surface area contributed by atoms with Gasteiger partial charge in [0.2, 0.25) is 0 Å². The largest absolute Gasteiger partial charge is 0.453 e. The topological polar surface area (TPSA) is 52.2 Å². The Morgan fingerprint density at radius 2 is 1.76 bits per heavy atom. The van der Waals surface area contributed by atoms with Gasteiger partial charge in [-0.2, -0.15) is 0 Å². The van der Waals surface area contributed by atoms with Crippen molar-refractivity contribution in [1.82, 2.24) is 14.9 Å². The summed E-state index contributed by atoms with van der Waals surface area (Å²) in [5.74, 6) is 2.25. The summed E-state index contributed by atoms with van der Waals surface area (Å²) in [5.41, 5.74) is 3.17. The van der Waals surface area contributed by atoms with Gasteiger partial charge < -0.3 is 14.5 Å². The van der Waals surface area contributed by atoms with E-state index in [-0.39, 0.29) is 6.10 Å². The third-order valence-electron chi connectivity index (χ3n) is 5.07. The molecule has 1 saturated heterocycles. The number of ether oxygens (including phenoxy) is 1. The van der Waals surface area contributed by atoms with Crippen LogP contribution in [0.3, 0.4) is 0 Å². The predicted molar refractivity (Wildman–Crippen MR) is 113 cm³/mol. The summed E-state index contributed by atoms with van der Waals surface area (Å²) in [4.78, 5) is 4.51. The third kappa shape index (κ3) is 3.72. The zero-order valence-corrected chi connectivity index (χ0v) is 16.5. The molecule has 6 heteroatoms. The number of halogens is 1. The van der Waals surface area contributed by atoms with Crippen LogP contribution in [0.1, 0.15) is 11.7 Å². The molecular weight excluding hydrogens is 386 g/mol. The Labute approximate surface area is 173 Å². The molecule has 146 valence electrons. The smallest absolute Gasteiger partial charge is 0.180 e. The van der Waals surface area contributed by atoms with Crippen LogP contribution in [-0.4, -0.2) is 29.2 Å². The lowest BCUT2D eigenvalue weighted by molar-refractivity contribution is 0.0277. The molecule has 1 atom stereocenters. The van der Waals surface area contributed by atoms with Crippen LogP contribution in [0.15, 0.2) is 77.5 Å². The van der Waals surface area contributed by atoms with Gasteiger partial charge in [-0.15, -0.1) is 0 Å². The van der Waals surface area contributed by atoms with E-state index in [1.54, 1.807) is 6.20 Å². The number of nitrogens with one attached hydrogen (secondary N) is 1. The molecule has 1 N–H and O–H groups in total. The SMILES string of the molecule is Clc1ccc(-c2ccc(-c3nccn3-c3ccc([C@@H]4CNCCO4)cc3)o2)cc1. The van der Waals surface area contributed by atoms with Gasteiger partial charge in [-0.05, 0) is 54.1 Å². The molecule has 2 aromatic carbocycles.